The Kier molecular flexibility index (Phi) is 7.20. The number of carbonyl (C=O) groups excluding carboxylic acids is 1. The Labute approximate surface area is 185 Å². The van der Waals surface area contributed by atoms with Crippen LogP contribution in [-0.2, 0) is 24.4 Å². The number of guanidine groups is 1. The maximum Gasteiger partial charge on any atom is 0.222 e. The monoisotopic (exact) mass is 419 g/mol. The molecule has 4 rings (SSSR count). The molecule has 0 spiro atoms. The topological polar surface area (TPSA) is 51.2 Å². The number of amides is 1. The zero-order valence-electron chi connectivity index (χ0n) is 18.5. The van der Waals surface area contributed by atoms with Gasteiger partial charge in [-0.3, -0.25) is 14.7 Å². The minimum absolute atomic E-state index is 0.273. The predicted molar refractivity (Wildman–Crippen MR) is 125 cm³/mol. The highest BCUT2D eigenvalue weighted by atomic mass is 16.2. The average Bonchev–Trinajstić information content (AvgIpc) is 3.20. The van der Waals surface area contributed by atoms with Gasteiger partial charge in [0.05, 0.1) is 0 Å². The standard InChI is InChI=1S/C25H33N5O/c1-26-25(29-15-13-28(14-16-29)19-21-7-3-2-4-8-21)27-18-22-9-5-10-23(17-22)20-30-12-6-11-24(30)31/h2-5,7-10,17H,6,11-16,18-20H2,1H3,(H,26,27). The van der Waals surface area contributed by atoms with E-state index < -0.39 is 0 Å². The summed E-state index contributed by atoms with van der Waals surface area (Å²) in [6.45, 7) is 7.36. The van der Waals surface area contributed by atoms with Crippen molar-refractivity contribution in [3.05, 3.63) is 71.3 Å². The maximum absolute atomic E-state index is 11.9. The van der Waals surface area contributed by atoms with Crippen LogP contribution >= 0.6 is 0 Å². The lowest BCUT2D eigenvalue weighted by Crippen LogP contribution is -2.52. The second-order valence-corrected chi connectivity index (χ2v) is 8.39. The zero-order valence-corrected chi connectivity index (χ0v) is 18.5. The Morgan fingerprint density at radius 3 is 2.35 bits per heavy atom. The van der Waals surface area contributed by atoms with Crippen molar-refractivity contribution in [2.75, 3.05) is 39.8 Å². The van der Waals surface area contributed by atoms with E-state index in [1.807, 2.05) is 11.9 Å². The number of hydrogen-bond acceptors (Lipinski definition) is 3. The number of hydrogen-bond donors (Lipinski definition) is 1. The van der Waals surface area contributed by atoms with E-state index in [0.717, 1.165) is 58.2 Å². The van der Waals surface area contributed by atoms with Crippen LogP contribution in [-0.4, -0.2) is 66.3 Å². The molecule has 1 amide bonds. The smallest absolute Gasteiger partial charge is 0.222 e. The summed E-state index contributed by atoms with van der Waals surface area (Å²) in [6, 6.07) is 19.2. The van der Waals surface area contributed by atoms with E-state index in [1.54, 1.807) is 0 Å². The van der Waals surface area contributed by atoms with Crippen LogP contribution < -0.4 is 5.32 Å². The van der Waals surface area contributed by atoms with Crippen LogP contribution in [0.4, 0.5) is 0 Å². The Morgan fingerprint density at radius 1 is 0.903 bits per heavy atom. The molecule has 0 unspecified atom stereocenters. The maximum atomic E-state index is 11.9. The first kappa shape index (κ1) is 21.4. The molecule has 0 bridgehead atoms. The van der Waals surface area contributed by atoms with Crippen molar-refractivity contribution < 1.29 is 4.79 Å². The van der Waals surface area contributed by atoms with Crippen molar-refractivity contribution in [1.82, 2.24) is 20.0 Å². The first-order valence-electron chi connectivity index (χ1n) is 11.3. The Hall–Kier alpha value is -2.86. The van der Waals surface area contributed by atoms with Gasteiger partial charge in [-0.15, -0.1) is 0 Å². The van der Waals surface area contributed by atoms with Crippen molar-refractivity contribution >= 4 is 11.9 Å². The summed E-state index contributed by atoms with van der Waals surface area (Å²) in [6.07, 6.45) is 1.67. The minimum atomic E-state index is 0.273. The first-order chi connectivity index (χ1) is 15.2. The molecule has 2 fully saturated rings. The molecule has 2 aliphatic rings. The molecule has 0 aliphatic carbocycles. The predicted octanol–water partition coefficient (Wildman–Crippen LogP) is 2.70. The number of nitrogens with one attached hydrogen (secondary N) is 1. The minimum Gasteiger partial charge on any atom is -0.352 e. The van der Waals surface area contributed by atoms with Gasteiger partial charge < -0.3 is 15.1 Å². The number of carbonyl (C=O) groups is 1. The molecule has 2 heterocycles. The lowest BCUT2D eigenvalue weighted by molar-refractivity contribution is -0.128. The summed E-state index contributed by atoms with van der Waals surface area (Å²) in [7, 11) is 1.86. The molecule has 0 atom stereocenters. The number of aliphatic imine (C=N–C) groups is 1. The highest BCUT2D eigenvalue weighted by molar-refractivity contribution is 5.80. The second kappa shape index (κ2) is 10.4. The summed E-state index contributed by atoms with van der Waals surface area (Å²) in [5, 5.41) is 3.53. The van der Waals surface area contributed by atoms with Crippen LogP contribution in [0.25, 0.3) is 0 Å². The average molecular weight is 420 g/mol. The SMILES string of the molecule is CN=C(NCc1cccc(CN2CCCC2=O)c1)N1CCN(Cc2ccccc2)CC1. The van der Waals surface area contributed by atoms with Gasteiger partial charge in [0.1, 0.15) is 0 Å². The summed E-state index contributed by atoms with van der Waals surface area (Å²) in [5.41, 5.74) is 3.78. The van der Waals surface area contributed by atoms with Gasteiger partial charge in [-0.05, 0) is 23.1 Å². The first-order valence-corrected chi connectivity index (χ1v) is 11.3. The van der Waals surface area contributed by atoms with Gasteiger partial charge in [-0.1, -0.05) is 54.6 Å². The third-order valence-corrected chi connectivity index (χ3v) is 6.12. The summed E-state index contributed by atoms with van der Waals surface area (Å²) in [5.74, 6) is 1.23. The molecule has 2 aromatic rings. The van der Waals surface area contributed by atoms with Gasteiger partial charge in [0.15, 0.2) is 5.96 Å². The van der Waals surface area contributed by atoms with Crippen LogP contribution in [0.15, 0.2) is 59.6 Å². The van der Waals surface area contributed by atoms with E-state index in [0.29, 0.717) is 13.0 Å². The lowest BCUT2D eigenvalue weighted by atomic mass is 10.1. The van der Waals surface area contributed by atoms with Gasteiger partial charge >= 0.3 is 0 Å². The molecule has 2 aromatic carbocycles. The number of likely N-dealkylation sites (tertiary alicyclic amines) is 1. The lowest BCUT2D eigenvalue weighted by Gasteiger charge is -2.36. The van der Waals surface area contributed by atoms with Crippen molar-refractivity contribution in [1.29, 1.82) is 0 Å². The van der Waals surface area contributed by atoms with E-state index in [4.69, 9.17) is 0 Å². The summed E-state index contributed by atoms with van der Waals surface area (Å²) in [4.78, 5) is 23.2. The summed E-state index contributed by atoms with van der Waals surface area (Å²) < 4.78 is 0. The molecular weight excluding hydrogens is 386 g/mol. The Morgan fingerprint density at radius 2 is 1.65 bits per heavy atom. The molecule has 6 nitrogen and oxygen atoms in total. The van der Waals surface area contributed by atoms with Crippen molar-refractivity contribution in [3.8, 4) is 0 Å². The zero-order chi connectivity index (χ0) is 21.5. The van der Waals surface area contributed by atoms with Gasteiger partial charge in [-0.25, -0.2) is 0 Å². The summed E-state index contributed by atoms with van der Waals surface area (Å²) >= 11 is 0. The quantitative estimate of drug-likeness (QED) is 0.578. The largest absolute Gasteiger partial charge is 0.352 e. The van der Waals surface area contributed by atoms with E-state index in [1.165, 1.54) is 16.7 Å². The molecule has 1 N–H and O–H groups in total. The Bertz CT molecular complexity index is 890. The molecular formula is C25H33N5O. The number of rotatable bonds is 6. The van der Waals surface area contributed by atoms with Crippen LogP contribution in [0.5, 0.6) is 0 Å². The second-order valence-electron chi connectivity index (χ2n) is 8.39. The Balaban J connectivity index is 1.26. The van der Waals surface area contributed by atoms with E-state index in [-0.39, 0.29) is 5.91 Å². The normalized spacial score (nSPS) is 18.0. The van der Waals surface area contributed by atoms with Gasteiger partial charge in [0.25, 0.3) is 0 Å². The number of benzene rings is 2. The fourth-order valence-electron chi connectivity index (χ4n) is 4.40. The third kappa shape index (κ3) is 5.85. The number of nitrogens with zero attached hydrogens (tertiary/aromatic N) is 4. The van der Waals surface area contributed by atoms with E-state index in [2.05, 4.69) is 74.7 Å². The molecule has 0 saturated carbocycles. The molecule has 0 radical (unpaired) electrons. The molecule has 2 saturated heterocycles. The molecule has 164 valence electrons. The van der Waals surface area contributed by atoms with Crippen molar-refractivity contribution in [3.63, 3.8) is 0 Å². The van der Waals surface area contributed by atoms with E-state index >= 15 is 0 Å². The van der Waals surface area contributed by atoms with Crippen LogP contribution in [0.3, 0.4) is 0 Å². The molecule has 2 aliphatic heterocycles. The van der Waals surface area contributed by atoms with Gasteiger partial charge in [0.2, 0.25) is 5.91 Å². The number of piperazine rings is 1. The highest BCUT2D eigenvalue weighted by Crippen LogP contribution is 2.15. The molecule has 31 heavy (non-hydrogen) atoms. The van der Waals surface area contributed by atoms with Gasteiger partial charge in [-0.2, -0.15) is 0 Å². The van der Waals surface area contributed by atoms with Crippen molar-refractivity contribution in [2.24, 2.45) is 4.99 Å². The van der Waals surface area contributed by atoms with Gasteiger partial charge in [0, 0.05) is 65.8 Å². The molecule has 6 heteroatoms. The van der Waals surface area contributed by atoms with Crippen LogP contribution in [0.2, 0.25) is 0 Å². The van der Waals surface area contributed by atoms with E-state index in [9.17, 15) is 4.79 Å². The highest BCUT2D eigenvalue weighted by Gasteiger charge is 2.21. The fraction of sp³-hybridized carbons (Fsp3) is 0.440. The van der Waals surface area contributed by atoms with Crippen LogP contribution in [0, 0.1) is 0 Å². The fourth-order valence-corrected chi connectivity index (χ4v) is 4.40. The third-order valence-electron chi connectivity index (χ3n) is 6.12. The van der Waals surface area contributed by atoms with Crippen molar-refractivity contribution in [2.45, 2.75) is 32.5 Å². The van der Waals surface area contributed by atoms with Crippen LogP contribution in [0.1, 0.15) is 29.5 Å². The molecule has 0 aromatic heterocycles.